The number of hydrogen-bond donors (Lipinski definition) is 3. The van der Waals surface area contributed by atoms with Crippen molar-refractivity contribution >= 4 is 29.1 Å². The van der Waals surface area contributed by atoms with E-state index >= 15 is 0 Å². The second kappa shape index (κ2) is 9.27. The standard InChI is InChI=1S/C24H29Cl2N3O/c25-20-7-6-19(16-21(20)26)23(8-12-28-17-23)9-15-29-22(30)24(10-13-27-14-11-24)18-4-2-1-3-5-18/h1-7,16,27-28H,8-15,17H2,(H,29,30). The summed E-state index contributed by atoms with van der Waals surface area (Å²) >= 11 is 12.4. The van der Waals surface area contributed by atoms with Crippen LogP contribution in [0.15, 0.2) is 48.5 Å². The van der Waals surface area contributed by atoms with Gasteiger partial charge in [-0.15, -0.1) is 0 Å². The van der Waals surface area contributed by atoms with Gasteiger partial charge in [0.1, 0.15) is 0 Å². The Kier molecular flexibility index (Phi) is 6.69. The maximum atomic E-state index is 13.4. The molecule has 4 rings (SSSR count). The van der Waals surface area contributed by atoms with Crippen LogP contribution in [0.4, 0.5) is 0 Å². The van der Waals surface area contributed by atoms with Crippen LogP contribution >= 0.6 is 23.2 Å². The number of carbonyl (C=O) groups is 1. The lowest BCUT2D eigenvalue weighted by Gasteiger charge is -2.37. The summed E-state index contributed by atoms with van der Waals surface area (Å²) in [6.07, 6.45) is 3.53. The Balaban J connectivity index is 1.48. The van der Waals surface area contributed by atoms with Crippen molar-refractivity contribution in [3.8, 4) is 0 Å². The van der Waals surface area contributed by atoms with Crippen LogP contribution in [-0.4, -0.2) is 38.6 Å². The maximum Gasteiger partial charge on any atom is 0.230 e. The highest BCUT2D eigenvalue weighted by molar-refractivity contribution is 6.42. The monoisotopic (exact) mass is 445 g/mol. The lowest BCUT2D eigenvalue weighted by Crippen LogP contribution is -2.51. The molecule has 160 valence electrons. The SMILES string of the molecule is O=C(NCCC1(c2ccc(Cl)c(Cl)c2)CCNC1)C1(c2ccccc2)CCNCC1. The van der Waals surface area contributed by atoms with Crippen molar-refractivity contribution in [3.63, 3.8) is 0 Å². The molecule has 0 radical (unpaired) electrons. The van der Waals surface area contributed by atoms with Gasteiger partial charge < -0.3 is 16.0 Å². The zero-order chi connectivity index (χ0) is 21.0. The van der Waals surface area contributed by atoms with E-state index in [4.69, 9.17) is 23.2 Å². The molecule has 0 aromatic heterocycles. The zero-order valence-corrected chi connectivity index (χ0v) is 18.7. The fraction of sp³-hybridized carbons (Fsp3) is 0.458. The molecular weight excluding hydrogens is 417 g/mol. The first kappa shape index (κ1) is 21.6. The van der Waals surface area contributed by atoms with Gasteiger partial charge in [-0.2, -0.15) is 0 Å². The van der Waals surface area contributed by atoms with E-state index < -0.39 is 5.41 Å². The Morgan fingerprint density at radius 3 is 2.30 bits per heavy atom. The van der Waals surface area contributed by atoms with Crippen LogP contribution in [0, 0.1) is 0 Å². The van der Waals surface area contributed by atoms with Crippen LogP contribution in [0.1, 0.15) is 36.8 Å². The molecule has 1 amide bonds. The molecule has 2 aromatic rings. The molecule has 0 aliphatic carbocycles. The highest BCUT2D eigenvalue weighted by atomic mass is 35.5. The first-order valence-electron chi connectivity index (χ1n) is 10.8. The number of amides is 1. The number of hydrogen-bond acceptors (Lipinski definition) is 3. The fourth-order valence-corrected chi connectivity index (χ4v) is 5.31. The van der Waals surface area contributed by atoms with E-state index in [1.807, 2.05) is 30.3 Å². The summed E-state index contributed by atoms with van der Waals surface area (Å²) < 4.78 is 0. The molecule has 6 heteroatoms. The van der Waals surface area contributed by atoms with E-state index in [2.05, 4.69) is 34.1 Å². The predicted molar refractivity (Wildman–Crippen MR) is 123 cm³/mol. The number of nitrogens with one attached hydrogen (secondary N) is 3. The van der Waals surface area contributed by atoms with Gasteiger partial charge in [-0.25, -0.2) is 0 Å². The van der Waals surface area contributed by atoms with E-state index in [1.165, 1.54) is 5.56 Å². The van der Waals surface area contributed by atoms with E-state index in [0.29, 0.717) is 16.6 Å². The topological polar surface area (TPSA) is 53.2 Å². The average Bonchev–Trinajstić information content (AvgIpc) is 3.26. The maximum absolute atomic E-state index is 13.4. The molecule has 2 aromatic carbocycles. The summed E-state index contributed by atoms with van der Waals surface area (Å²) in [5.41, 5.74) is 1.83. The molecule has 30 heavy (non-hydrogen) atoms. The van der Waals surface area contributed by atoms with Crippen LogP contribution in [0.25, 0.3) is 0 Å². The Labute approximate surface area is 188 Å². The molecule has 1 unspecified atom stereocenters. The normalized spacial score (nSPS) is 23.3. The molecule has 0 bridgehead atoms. The van der Waals surface area contributed by atoms with Crippen molar-refractivity contribution in [2.24, 2.45) is 0 Å². The van der Waals surface area contributed by atoms with Crippen LogP contribution in [-0.2, 0) is 15.6 Å². The summed E-state index contributed by atoms with van der Waals surface area (Å²) in [4.78, 5) is 13.4. The molecule has 2 aliphatic rings. The van der Waals surface area contributed by atoms with Crippen molar-refractivity contribution in [1.29, 1.82) is 0 Å². The first-order chi connectivity index (χ1) is 14.6. The van der Waals surface area contributed by atoms with Crippen molar-refractivity contribution < 1.29 is 4.79 Å². The number of benzene rings is 2. The fourth-order valence-electron chi connectivity index (χ4n) is 5.02. The first-order valence-corrected chi connectivity index (χ1v) is 11.5. The number of piperidine rings is 1. The van der Waals surface area contributed by atoms with Crippen LogP contribution in [0.2, 0.25) is 10.0 Å². The van der Waals surface area contributed by atoms with E-state index in [1.54, 1.807) is 0 Å². The van der Waals surface area contributed by atoms with Gasteiger partial charge in [0.2, 0.25) is 5.91 Å². The molecule has 3 N–H and O–H groups in total. The Morgan fingerprint density at radius 1 is 0.900 bits per heavy atom. The minimum Gasteiger partial charge on any atom is -0.355 e. The Morgan fingerprint density at radius 2 is 1.63 bits per heavy atom. The van der Waals surface area contributed by atoms with Gasteiger partial charge in [0.05, 0.1) is 15.5 Å². The molecule has 2 fully saturated rings. The highest BCUT2D eigenvalue weighted by Gasteiger charge is 2.41. The van der Waals surface area contributed by atoms with Crippen molar-refractivity contribution in [2.45, 2.75) is 36.5 Å². The minimum atomic E-state index is -0.447. The van der Waals surface area contributed by atoms with E-state index in [9.17, 15) is 4.79 Å². The Hall–Kier alpha value is -1.59. The molecule has 0 spiro atoms. The van der Waals surface area contributed by atoms with Crippen molar-refractivity contribution in [1.82, 2.24) is 16.0 Å². The van der Waals surface area contributed by atoms with Gasteiger partial charge in [0.15, 0.2) is 0 Å². The Bertz CT molecular complexity index is 875. The zero-order valence-electron chi connectivity index (χ0n) is 17.1. The van der Waals surface area contributed by atoms with Gasteiger partial charge in [0.25, 0.3) is 0 Å². The van der Waals surface area contributed by atoms with Gasteiger partial charge in [-0.3, -0.25) is 4.79 Å². The largest absolute Gasteiger partial charge is 0.355 e. The third-order valence-corrected chi connectivity index (χ3v) is 7.62. The predicted octanol–water partition coefficient (Wildman–Crippen LogP) is 4.05. The van der Waals surface area contributed by atoms with Crippen LogP contribution in [0.5, 0.6) is 0 Å². The lowest BCUT2D eigenvalue weighted by molar-refractivity contribution is -0.127. The average molecular weight is 446 g/mol. The van der Waals surface area contributed by atoms with Gasteiger partial charge in [-0.05, 0) is 68.6 Å². The third kappa shape index (κ3) is 4.24. The van der Waals surface area contributed by atoms with Gasteiger partial charge in [-0.1, -0.05) is 59.6 Å². The molecular formula is C24H29Cl2N3O. The number of rotatable bonds is 6. The molecule has 2 aliphatic heterocycles. The summed E-state index contributed by atoms with van der Waals surface area (Å²) in [7, 11) is 0. The van der Waals surface area contributed by atoms with Crippen LogP contribution in [0.3, 0.4) is 0 Å². The summed E-state index contributed by atoms with van der Waals surface area (Å²) in [6.45, 7) is 4.21. The van der Waals surface area contributed by atoms with Gasteiger partial charge >= 0.3 is 0 Å². The minimum absolute atomic E-state index is 0.0322. The second-order valence-corrected chi connectivity index (χ2v) is 9.35. The molecule has 2 heterocycles. The van der Waals surface area contributed by atoms with Crippen LogP contribution < -0.4 is 16.0 Å². The molecule has 0 saturated carbocycles. The van der Waals surface area contributed by atoms with Crippen molar-refractivity contribution in [3.05, 3.63) is 69.7 Å². The summed E-state index contributed by atoms with van der Waals surface area (Å²) in [6, 6.07) is 16.2. The van der Waals surface area contributed by atoms with Crippen molar-refractivity contribution in [2.75, 3.05) is 32.7 Å². The summed E-state index contributed by atoms with van der Waals surface area (Å²) in [5.74, 6) is 0.144. The van der Waals surface area contributed by atoms with E-state index in [-0.39, 0.29) is 11.3 Å². The third-order valence-electron chi connectivity index (χ3n) is 6.88. The highest BCUT2D eigenvalue weighted by Crippen LogP contribution is 2.38. The molecule has 2 saturated heterocycles. The number of carbonyl (C=O) groups excluding carboxylic acids is 1. The quantitative estimate of drug-likeness (QED) is 0.628. The van der Waals surface area contributed by atoms with Gasteiger partial charge in [0, 0.05) is 18.5 Å². The summed E-state index contributed by atoms with van der Waals surface area (Å²) in [5, 5.41) is 11.3. The van der Waals surface area contributed by atoms with E-state index in [0.717, 1.165) is 57.4 Å². The lowest BCUT2D eigenvalue weighted by atomic mass is 9.72. The second-order valence-electron chi connectivity index (χ2n) is 8.54. The smallest absolute Gasteiger partial charge is 0.230 e. The molecule has 1 atom stereocenters. The number of halogens is 2. The molecule has 4 nitrogen and oxygen atoms in total.